The number of unbranched alkanes of at least 4 members (excludes halogenated alkanes) is 2. The van der Waals surface area contributed by atoms with E-state index in [1.54, 1.807) is 42.5 Å². The van der Waals surface area contributed by atoms with Crippen molar-refractivity contribution in [2.24, 2.45) is 0 Å². The molecule has 0 atom stereocenters. The van der Waals surface area contributed by atoms with E-state index in [0.29, 0.717) is 53.4 Å². The maximum Gasteiger partial charge on any atom is 0.319 e. The van der Waals surface area contributed by atoms with Crippen molar-refractivity contribution < 1.29 is 19.1 Å². The topological polar surface area (TPSA) is 104 Å². The van der Waals surface area contributed by atoms with Crippen LogP contribution in [0.15, 0.2) is 97.1 Å². The standard InChI is InChI=1S/C39H47N5O4/c1-3-5-9-24-41-39(46)43-32-16-21-36(37(27-32)47-4-2)48-35-19-14-31(15-20-35)42-38(45)30-12-17-33(18-13-30)44(34-22-25-40-26-23-34)28-29-10-7-6-8-11-29/h6-8,10-21,27,34,40H,3-5,9,22-26,28H2,1-2H3,(H,42,45)(H2,41,43,46). The Balaban J connectivity index is 1.19. The molecule has 1 fully saturated rings. The van der Waals surface area contributed by atoms with Gasteiger partial charge >= 0.3 is 6.03 Å². The average molecular weight is 650 g/mol. The first kappa shape index (κ1) is 34.3. The number of nitrogens with zero attached hydrogens (tertiary/aromatic N) is 1. The summed E-state index contributed by atoms with van der Waals surface area (Å²) < 4.78 is 11.9. The third-order valence-electron chi connectivity index (χ3n) is 8.31. The summed E-state index contributed by atoms with van der Waals surface area (Å²) in [5.41, 5.74) is 4.25. The molecule has 1 saturated heterocycles. The maximum atomic E-state index is 13.2. The number of carbonyl (C=O) groups excluding carboxylic acids is 2. The molecule has 9 heteroatoms. The fourth-order valence-corrected chi connectivity index (χ4v) is 5.76. The number of rotatable bonds is 15. The summed E-state index contributed by atoms with van der Waals surface area (Å²) >= 11 is 0. The van der Waals surface area contributed by atoms with E-state index >= 15 is 0 Å². The molecule has 252 valence electrons. The number of hydrogen-bond acceptors (Lipinski definition) is 6. The molecule has 1 aliphatic heterocycles. The quantitative estimate of drug-likeness (QED) is 0.0969. The van der Waals surface area contributed by atoms with Crippen LogP contribution < -0.4 is 35.6 Å². The van der Waals surface area contributed by atoms with Crippen LogP contribution in [0.2, 0.25) is 0 Å². The number of piperidine rings is 1. The van der Waals surface area contributed by atoms with Gasteiger partial charge in [-0.05, 0) is 106 Å². The van der Waals surface area contributed by atoms with E-state index in [0.717, 1.165) is 57.4 Å². The number of nitrogens with one attached hydrogen (secondary N) is 4. The highest BCUT2D eigenvalue weighted by Crippen LogP contribution is 2.35. The van der Waals surface area contributed by atoms with Crippen LogP contribution in [-0.2, 0) is 6.54 Å². The van der Waals surface area contributed by atoms with Crippen LogP contribution in [-0.4, -0.2) is 44.2 Å². The Labute approximate surface area is 284 Å². The Morgan fingerprint density at radius 2 is 1.54 bits per heavy atom. The minimum atomic E-state index is -0.252. The molecule has 0 spiro atoms. The van der Waals surface area contributed by atoms with Crippen molar-refractivity contribution in [1.29, 1.82) is 0 Å². The molecule has 0 bridgehead atoms. The molecule has 0 aliphatic carbocycles. The molecule has 4 aromatic rings. The van der Waals surface area contributed by atoms with Crippen molar-refractivity contribution in [1.82, 2.24) is 10.6 Å². The third-order valence-corrected chi connectivity index (χ3v) is 8.31. The van der Waals surface area contributed by atoms with Gasteiger partial charge in [-0.2, -0.15) is 0 Å². The van der Waals surface area contributed by atoms with Crippen molar-refractivity contribution in [2.75, 3.05) is 41.8 Å². The molecule has 1 heterocycles. The predicted molar refractivity (Wildman–Crippen MR) is 194 cm³/mol. The minimum Gasteiger partial charge on any atom is -0.490 e. The van der Waals surface area contributed by atoms with Gasteiger partial charge in [0.05, 0.1) is 6.61 Å². The van der Waals surface area contributed by atoms with Gasteiger partial charge in [0.2, 0.25) is 0 Å². The zero-order chi connectivity index (χ0) is 33.6. The summed E-state index contributed by atoms with van der Waals surface area (Å²) in [5, 5.41) is 12.2. The highest BCUT2D eigenvalue weighted by Gasteiger charge is 2.22. The van der Waals surface area contributed by atoms with Gasteiger partial charge < -0.3 is 35.6 Å². The third kappa shape index (κ3) is 9.99. The molecule has 0 unspecified atom stereocenters. The highest BCUT2D eigenvalue weighted by molar-refractivity contribution is 6.04. The Kier molecular flexibility index (Phi) is 12.7. The van der Waals surface area contributed by atoms with Crippen LogP contribution in [0, 0.1) is 0 Å². The smallest absolute Gasteiger partial charge is 0.319 e. The molecule has 9 nitrogen and oxygen atoms in total. The van der Waals surface area contributed by atoms with Crippen molar-refractivity contribution in [3.05, 3.63) is 108 Å². The van der Waals surface area contributed by atoms with E-state index in [-0.39, 0.29) is 11.9 Å². The second kappa shape index (κ2) is 17.8. The average Bonchev–Trinajstić information content (AvgIpc) is 3.12. The van der Waals surface area contributed by atoms with E-state index in [4.69, 9.17) is 9.47 Å². The van der Waals surface area contributed by atoms with Crippen molar-refractivity contribution in [3.63, 3.8) is 0 Å². The maximum absolute atomic E-state index is 13.2. The van der Waals surface area contributed by atoms with E-state index in [1.807, 2.05) is 37.3 Å². The van der Waals surface area contributed by atoms with Crippen LogP contribution in [0.5, 0.6) is 17.2 Å². The molecule has 1 aliphatic rings. The van der Waals surface area contributed by atoms with E-state index in [1.165, 1.54) is 5.56 Å². The van der Waals surface area contributed by atoms with Gasteiger partial charge in [-0.15, -0.1) is 0 Å². The Morgan fingerprint density at radius 1 is 0.812 bits per heavy atom. The van der Waals surface area contributed by atoms with Gasteiger partial charge in [0.15, 0.2) is 11.5 Å². The fourth-order valence-electron chi connectivity index (χ4n) is 5.76. The molecule has 3 amide bonds. The Hall–Kier alpha value is -5.02. The number of hydrogen-bond donors (Lipinski definition) is 4. The predicted octanol–water partition coefficient (Wildman–Crippen LogP) is 8.20. The lowest BCUT2D eigenvalue weighted by molar-refractivity contribution is 0.102. The van der Waals surface area contributed by atoms with Crippen molar-refractivity contribution >= 4 is 29.0 Å². The summed E-state index contributed by atoms with van der Waals surface area (Å²) in [6.45, 7) is 7.95. The van der Waals surface area contributed by atoms with Gasteiger partial charge in [0, 0.05) is 47.8 Å². The fraction of sp³-hybridized carbons (Fsp3) is 0.333. The number of carbonyl (C=O) groups is 2. The Morgan fingerprint density at radius 3 is 2.25 bits per heavy atom. The summed E-state index contributed by atoms with van der Waals surface area (Å²) in [6, 6.07) is 31.1. The molecular formula is C39H47N5O4. The highest BCUT2D eigenvalue weighted by atomic mass is 16.5. The summed E-state index contributed by atoms with van der Waals surface area (Å²) in [4.78, 5) is 27.9. The Bertz CT molecular complexity index is 1590. The van der Waals surface area contributed by atoms with Gasteiger partial charge in [-0.3, -0.25) is 4.79 Å². The lowest BCUT2D eigenvalue weighted by Crippen LogP contribution is -2.43. The zero-order valence-electron chi connectivity index (χ0n) is 28.0. The van der Waals surface area contributed by atoms with Crippen molar-refractivity contribution in [2.45, 2.75) is 58.5 Å². The van der Waals surface area contributed by atoms with E-state index in [2.05, 4.69) is 57.4 Å². The number of ether oxygens (including phenoxy) is 2. The summed E-state index contributed by atoms with van der Waals surface area (Å²) in [7, 11) is 0. The first-order valence-corrected chi connectivity index (χ1v) is 17.0. The minimum absolute atomic E-state index is 0.178. The molecule has 5 rings (SSSR count). The van der Waals surface area contributed by atoms with Crippen LogP contribution in [0.3, 0.4) is 0 Å². The van der Waals surface area contributed by atoms with Gasteiger partial charge in [-0.1, -0.05) is 50.1 Å². The molecular weight excluding hydrogens is 602 g/mol. The SMILES string of the molecule is CCCCCNC(=O)Nc1ccc(Oc2ccc(NC(=O)c3ccc(N(Cc4ccccc4)C4CCNCC4)cc3)cc2)c(OCC)c1. The largest absolute Gasteiger partial charge is 0.490 e. The first-order valence-electron chi connectivity index (χ1n) is 17.0. The molecule has 4 N–H and O–H groups in total. The molecule has 4 aromatic carbocycles. The lowest BCUT2D eigenvalue weighted by Gasteiger charge is -2.36. The molecule has 0 saturated carbocycles. The summed E-state index contributed by atoms with van der Waals surface area (Å²) in [6.07, 6.45) is 5.30. The number of anilines is 3. The molecule has 0 radical (unpaired) electrons. The second-order valence-electron chi connectivity index (χ2n) is 11.9. The molecule has 0 aromatic heterocycles. The first-order chi connectivity index (χ1) is 23.5. The number of amides is 3. The van der Waals surface area contributed by atoms with Gasteiger partial charge in [0.1, 0.15) is 5.75 Å². The normalized spacial score (nSPS) is 13.0. The van der Waals surface area contributed by atoms with Crippen LogP contribution >= 0.6 is 0 Å². The van der Waals surface area contributed by atoms with E-state index < -0.39 is 0 Å². The molecule has 48 heavy (non-hydrogen) atoms. The van der Waals surface area contributed by atoms with Crippen LogP contribution in [0.25, 0.3) is 0 Å². The second-order valence-corrected chi connectivity index (χ2v) is 11.9. The number of benzene rings is 4. The van der Waals surface area contributed by atoms with Gasteiger partial charge in [0.25, 0.3) is 5.91 Å². The summed E-state index contributed by atoms with van der Waals surface area (Å²) in [5.74, 6) is 1.45. The lowest BCUT2D eigenvalue weighted by atomic mass is 10.0. The monoisotopic (exact) mass is 649 g/mol. The van der Waals surface area contributed by atoms with E-state index in [9.17, 15) is 9.59 Å². The number of urea groups is 1. The zero-order valence-corrected chi connectivity index (χ0v) is 28.0. The van der Waals surface area contributed by atoms with Crippen molar-refractivity contribution in [3.8, 4) is 17.2 Å². The van der Waals surface area contributed by atoms with Crippen LogP contribution in [0.4, 0.5) is 21.9 Å². The van der Waals surface area contributed by atoms with Gasteiger partial charge in [-0.25, -0.2) is 4.79 Å². The van der Waals surface area contributed by atoms with Crippen LogP contribution in [0.1, 0.15) is 61.9 Å².